The van der Waals surface area contributed by atoms with E-state index >= 15 is 0 Å². The van der Waals surface area contributed by atoms with Crippen molar-refractivity contribution in [1.82, 2.24) is 0 Å². The van der Waals surface area contributed by atoms with Crippen LogP contribution < -0.4 is 0 Å². The van der Waals surface area contributed by atoms with Gasteiger partial charge in [0.15, 0.2) is 0 Å². The Morgan fingerprint density at radius 3 is 2.14 bits per heavy atom. The molecular formula is C12H10Br2O6S2. The Morgan fingerprint density at radius 2 is 1.59 bits per heavy atom. The summed E-state index contributed by atoms with van der Waals surface area (Å²) in [5.74, 6) is 0. The van der Waals surface area contributed by atoms with Crippen LogP contribution in [0.15, 0.2) is 46.2 Å². The zero-order chi connectivity index (χ0) is 16.8. The van der Waals surface area contributed by atoms with E-state index in [0.717, 1.165) is 6.07 Å². The fourth-order valence-corrected chi connectivity index (χ4v) is 4.82. The molecule has 120 valence electrons. The van der Waals surface area contributed by atoms with Crippen LogP contribution in [0.4, 0.5) is 0 Å². The highest BCUT2D eigenvalue weighted by Crippen LogP contribution is 2.44. The van der Waals surface area contributed by atoms with E-state index < -0.39 is 28.4 Å². The van der Waals surface area contributed by atoms with Gasteiger partial charge in [-0.25, -0.2) is 0 Å². The van der Waals surface area contributed by atoms with Gasteiger partial charge in [0.1, 0.15) is 8.13 Å². The van der Waals surface area contributed by atoms with Crippen LogP contribution in [-0.2, 0) is 20.2 Å². The molecule has 0 aromatic heterocycles. The molecule has 1 aromatic rings. The van der Waals surface area contributed by atoms with Crippen molar-refractivity contribution in [2.24, 2.45) is 0 Å². The summed E-state index contributed by atoms with van der Waals surface area (Å²) in [7, 11) is -9.11. The maximum absolute atomic E-state index is 11.6. The van der Waals surface area contributed by atoms with Crippen LogP contribution in [0.1, 0.15) is 12.0 Å². The first-order valence-corrected chi connectivity index (χ1v) is 10.2. The highest BCUT2D eigenvalue weighted by Gasteiger charge is 2.34. The molecule has 0 fully saturated rings. The molecule has 0 aliphatic heterocycles. The minimum absolute atomic E-state index is 0.00486. The molecule has 0 heterocycles. The normalized spacial score (nSPS) is 18.5. The van der Waals surface area contributed by atoms with Crippen LogP contribution in [0, 0.1) is 0 Å². The summed E-state index contributed by atoms with van der Waals surface area (Å²) in [6.45, 7) is 0. The summed E-state index contributed by atoms with van der Waals surface area (Å²) in [6, 6.07) is 5.39. The second-order valence-electron chi connectivity index (χ2n) is 4.55. The minimum Gasteiger partial charge on any atom is -0.282 e. The van der Waals surface area contributed by atoms with Crippen molar-refractivity contribution in [3.8, 4) is 0 Å². The maximum atomic E-state index is 11.6. The molecule has 0 saturated carbocycles. The molecule has 2 rings (SSSR count). The molecule has 0 saturated heterocycles. The summed E-state index contributed by atoms with van der Waals surface area (Å²) in [4.78, 5) is -0.799. The lowest BCUT2D eigenvalue weighted by Crippen LogP contribution is -2.19. The Hall–Kier alpha value is -0.520. The SMILES string of the molecule is O=S(=O)(O)C1=C(c2ccccc2S(=O)(=O)O)C=CC(Br)(Br)C1. The first kappa shape index (κ1) is 17.8. The third-order valence-electron chi connectivity index (χ3n) is 2.96. The molecule has 0 spiro atoms. The van der Waals surface area contributed by atoms with Gasteiger partial charge in [-0.05, 0) is 11.6 Å². The van der Waals surface area contributed by atoms with Gasteiger partial charge in [-0.3, -0.25) is 9.11 Å². The predicted molar refractivity (Wildman–Crippen MR) is 89.1 cm³/mol. The lowest BCUT2D eigenvalue weighted by atomic mass is 9.99. The molecule has 0 radical (unpaired) electrons. The third kappa shape index (κ3) is 3.87. The average Bonchev–Trinajstić information content (AvgIpc) is 2.36. The predicted octanol–water partition coefficient (Wildman–Crippen LogP) is 2.98. The second kappa shape index (κ2) is 5.84. The Bertz CT molecular complexity index is 882. The van der Waals surface area contributed by atoms with Crippen molar-refractivity contribution in [3.05, 3.63) is 46.9 Å². The average molecular weight is 474 g/mol. The number of hydrogen-bond acceptors (Lipinski definition) is 4. The summed E-state index contributed by atoms with van der Waals surface area (Å²) in [5.41, 5.74) is -0.00498. The summed E-state index contributed by atoms with van der Waals surface area (Å²) >= 11 is 6.47. The fourth-order valence-electron chi connectivity index (χ4n) is 2.05. The lowest BCUT2D eigenvalue weighted by Gasteiger charge is -2.24. The molecule has 10 heteroatoms. The number of rotatable bonds is 3. The molecule has 0 amide bonds. The second-order valence-corrected chi connectivity index (χ2v) is 11.3. The van der Waals surface area contributed by atoms with Crippen LogP contribution in [0.3, 0.4) is 0 Å². The van der Waals surface area contributed by atoms with Gasteiger partial charge in [-0.1, -0.05) is 62.2 Å². The first-order valence-electron chi connectivity index (χ1n) is 5.76. The van der Waals surface area contributed by atoms with Crippen molar-refractivity contribution in [3.63, 3.8) is 0 Å². The topological polar surface area (TPSA) is 109 Å². The summed E-state index contributed by atoms with van der Waals surface area (Å²) < 4.78 is 64.0. The van der Waals surface area contributed by atoms with Crippen LogP contribution in [0.2, 0.25) is 0 Å². The van der Waals surface area contributed by atoms with Crippen LogP contribution in [-0.4, -0.2) is 29.2 Å². The molecule has 2 N–H and O–H groups in total. The molecule has 0 bridgehead atoms. The molecule has 0 atom stereocenters. The molecule has 1 aromatic carbocycles. The van der Waals surface area contributed by atoms with E-state index in [4.69, 9.17) is 0 Å². The highest BCUT2D eigenvalue weighted by atomic mass is 79.9. The Labute approximate surface area is 144 Å². The monoisotopic (exact) mass is 472 g/mol. The summed E-state index contributed by atoms with van der Waals surface area (Å²) in [6.07, 6.45) is 2.79. The standard InChI is InChI=1S/C12H10Br2O6S2/c13-12(14)6-5-9(11(7-12)22(18,19)20)8-3-1-2-4-10(8)21(15,16)17/h1-6H,7H2,(H,15,16,17)(H,18,19,20). The van der Waals surface area contributed by atoms with Crippen molar-refractivity contribution in [1.29, 1.82) is 0 Å². The summed E-state index contributed by atoms with van der Waals surface area (Å²) in [5, 5.41) is 0. The quantitative estimate of drug-likeness (QED) is 0.516. The van der Waals surface area contributed by atoms with Crippen molar-refractivity contribution >= 4 is 57.7 Å². The van der Waals surface area contributed by atoms with E-state index in [-0.39, 0.29) is 22.5 Å². The van der Waals surface area contributed by atoms with Crippen LogP contribution in [0.25, 0.3) is 5.57 Å². The number of allylic oxidation sites excluding steroid dienone is 4. The number of benzene rings is 1. The first-order chi connectivity index (χ1) is 9.92. The largest absolute Gasteiger partial charge is 0.295 e. The molecular weight excluding hydrogens is 464 g/mol. The van der Waals surface area contributed by atoms with Gasteiger partial charge in [-0.2, -0.15) is 16.8 Å². The van der Waals surface area contributed by atoms with E-state index in [0.29, 0.717) is 0 Å². The third-order valence-corrected chi connectivity index (χ3v) is 5.95. The van der Waals surface area contributed by atoms with Crippen molar-refractivity contribution in [2.45, 2.75) is 14.5 Å². The molecule has 1 aliphatic rings. The fraction of sp³-hybridized carbons (Fsp3) is 0.167. The number of alkyl halides is 2. The van der Waals surface area contributed by atoms with Crippen molar-refractivity contribution < 1.29 is 25.9 Å². The molecule has 1 aliphatic carbocycles. The maximum Gasteiger partial charge on any atom is 0.295 e. The number of hydrogen-bond donors (Lipinski definition) is 2. The van der Waals surface area contributed by atoms with Crippen molar-refractivity contribution in [2.75, 3.05) is 0 Å². The van der Waals surface area contributed by atoms with Gasteiger partial charge >= 0.3 is 0 Å². The van der Waals surface area contributed by atoms with E-state index in [1.807, 2.05) is 0 Å². The van der Waals surface area contributed by atoms with E-state index in [1.165, 1.54) is 24.3 Å². The van der Waals surface area contributed by atoms with Gasteiger partial charge in [0.05, 0.1) is 4.91 Å². The van der Waals surface area contributed by atoms with Crippen LogP contribution >= 0.6 is 31.9 Å². The molecule has 22 heavy (non-hydrogen) atoms. The van der Waals surface area contributed by atoms with Gasteiger partial charge in [0.2, 0.25) is 0 Å². The van der Waals surface area contributed by atoms with E-state index in [1.54, 1.807) is 6.08 Å². The Morgan fingerprint density at radius 1 is 1.00 bits per heavy atom. The van der Waals surface area contributed by atoms with Gasteiger partial charge in [0, 0.05) is 12.0 Å². The zero-order valence-corrected chi connectivity index (χ0v) is 15.6. The van der Waals surface area contributed by atoms with E-state index in [9.17, 15) is 25.9 Å². The smallest absolute Gasteiger partial charge is 0.282 e. The van der Waals surface area contributed by atoms with Gasteiger partial charge < -0.3 is 0 Å². The molecule has 6 nitrogen and oxygen atoms in total. The highest BCUT2D eigenvalue weighted by molar-refractivity contribution is 9.25. The zero-order valence-electron chi connectivity index (χ0n) is 10.8. The lowest BCUT2D eigenvalue weighted by molar-refractivity contribution is 0.481. The van der Waals surface area contributed by atoms with Gasteiger partial charge in [0.25, 0.3) is 20.2 Å². The Balaban J connectivity index is 2.81. The minimum atomic E-state index is -4.56. The van der Waals surface area contributed by atoms with Crippen LogP contribution in [0.5, 0.6) is 0 Å². The Kier molecular flexibility index (Phi) is 4.73. The van der Waals surface area contributed by atoms with E-state index in [2.05, 4.69) is 31.9 Å². The number of halogens is 2. The van der Waals surface area contributed by atoms with Gasteiger partial charge in [-0.15, -0.1) is 0 Å². The molecule has 0 unspecified atom stereocenters.